The Labute approximate surface area is 74.2 Å². The van der Waals surface area contributed by atoms with Gasteiger partial charge in [0.05, 0.1) is 6.67 Å². The zero-order valence-electron chi connectivity index (χ0n) is 7.94. The number of carbonyl (C=O) groups is 1. The van der Waals surface area contributed by atoms with Crippen molar-refractivity contribution in [2.24, 2.45) is 0 Å². The SMILES string of the molecule is C=C(C)C(=O)NCNCCCC. The van der Waals surface area contributed by atoms with Gasteiger partial charge in [-0.1, -0.05) is 19.9 Å². The Morgan fingerprint density at radius 3 is 2.67 bits per heavy atom. The van der Waals surface area contributed by atoms with Crippen LogP contribution in [0.15, 0.2) is 12.2 Å². The van der Waals surface area contributed by atoms with Crippen LogP contribution in [0.1, 0.15) is 26.7 Å². The molecule has 0 saturated carbocycles. The van der Waals surface area contributed by atoms with Crippen molar-refractivity contribution in [3.63, 3.8) is 0 Å². The largest absolute Gasteiger partial charge is 0.340 e. The summed E-state index contributed by atoms with van der Waals surface area (Å²) in [6.07, 6.45) is 2.31. The zero-order valence-corrected chi connectivity index (χ0v) is 7.94. The molecule has 0 aromatic rings. The summed E-state index contributed by atoms with van der Waals surface area (Å²) in [5.41, 5.74) is 0.548. The maximum Gasteiger partial charge on any atom is 0.247 e. The van der Waals surface area contributed by atoms with Crippen molar-refractivity contribution < 1.29 is 4.79 Å². The minimum absolute atomic E-state index is 0.0843. The summed E-state index contributed by atoms with van der Waals surface area (Å²) in [6.45, 7) is 8.84. The molecule has 0 heterocycles. The topological polar surface area (TPSA) is 41.1 Å². The van der Waals surface area contributed by atoms with Gasteiger partial charge in [0.1, 0.15) is 0 Å². The average Bonchev–Trinajstić information content (AvgIpc) is 2.03. The molecule has 3 heteroatoms. The molecule has 0 spiro atoms. The lowest BCUT2D eigenvalue weighted by atomic mass is 10.3. The molecule has 0 atom stereocenters. The number of nitrogens with one attached hydrogen (secondary N) is 2. The highest BCUT2D eigenvalue weighted by Crippen LogP contribution is 1.84. The molecule has 0 aliphatic heterocycles. The molecule has 0 rings (SSSR count). The molecule has 0 aliphatic rings. The molecule has 0 aromatic heterocycles. The Hall–Kier alpha value is -0.830. The minimum atomic E-state index is -0.0843. The Balaban J connectivity index is 3.20. The first-order valence-electron chi connectivity index (χ1n) is 4.33. The van der Waals surface area contributed by atoms with Crippen molar-refractivity contribution in [2.75, 3.05) is 13.2 Å². The lowest BCUT2D eigenvalue weighted by molar-refractivity contribution is -0.117. The molecule has 0 fully saturated rings. The van der Waals surface area contributed by atoms with Gasteiger partial charge in [-0.25, -0.2) is 0 Å². The molecular weight excluding hydrogens is 152 g/mol. The highest BCUT2D eigenvalue weighted by atomic mass is 16.1. The van der Waals surface area contributed by atoms with E-state index in [-0.39, 0.29) is 5.91 Å². The Morgan fingerprint density at radius 1 is 1.50 bits per heavy atom. The summed E-state index contributed by atoms with van der Waals surface area (Å²) in [4.78, 5) is 10.9. The molecule has 2 N–H and O–H groups in total. The first-order valence-corrected chi connectivity index (χ1v) is 4.33. The predicted octanol–water partition coefficient (Wildman–Crippen LogP) is 1.03. The number of hydrogen-bond donors (Lipinski definition) is 2. The van der Waals surface area contributed by atoms with E-state index in [0.29, 0.717) is 12.2 Å². The Kier molecular flexibility index (Phi) is 6.38. The molecule has 0 aliphatic carbocycles. The second-order valence-corrected chi connectivity index (χ2v) is 2.82. The summed E-state index contributed by atoms with van der Waals surface area (Å²) in [6, 6.07) is 0. The van der Waals surface area contributed by atoms with Crippen molar-refractivity contribution in [1.29, 1.82) is 0 Å². The number of amides is 1. The highest BCUT2D eigenvalue weighted by molar-refractivity contribution is 5.91. The normalized spacial score (nSPS) is 9.50. The fourth-order valence-electron chi connectivity index (χ4n) is 0.684. The third-order valence-electron chi connectivity index (χ3n) is 1.47. The smallest absolute Gasteiger partial charge is 0.247 e. The highest BCUT2D eigenvalue weighted by Gasteiger charge is 1.97. The summed E-state index contributed by atoms with van der Waals surface area (Å²) < 4.78 is 0. The van der Waals surface area contributed by atoms with Crippen LogP contribution in [-0.2, 0) is 4.79 Å². The maximum absolute atomic E-state index is 10.9. The lowest BCUT2D eigenvalue weighted by Crippen LogP contribution is -2.34. The van der Waals surface area contributed by atoms with Crippen LogP contribution in [0.2, 0.25) is 0 Å². The van der Waals surface area contributed by atoms with E-state index in [0.717, 1.165) is 13.0 Å². The van der Waals surface area contributed by atoms with Crippen LogP contribution in [0.4, 0.5) is 0 Å². The van der Waals surface area contributed by atoms with E-state index >= 15 is 0 Å². The van der Waals surface area contributed by atoms with E-state index in [9.17, 15) is 4.79 Å². The molecule has 12 heavy (non-hydrogen) atoms. The van der Waals surface area contributed by atoms with Gasteiger partial charge >= 0.3 is 0 Å². The molecule has 3 nitrogen and oxygen atoms in total. The van der Waals surface area contributed by atoms with E-state index in [1.165, 1.54) is 6.42 Å². The van der Waals surface area contributed by atoms with Gasteiger partial charge < -0.3 is 5.32 Å². The van der Waals surface area contributed by atoms with Crippen LogP contribution in [0.5, 0.6) is 0 Å². The second-order valence-electron chi connectivity index (χ2n) is 2.82. The van der Waals surface area contributed by atoms with Gasteiger partial charge in [0.25, 0.3) is 0 Å². The Bertz CT molecular complexity index is 155. The lowest BCUT2D eigenvalue weighted by Gasteiger charge is -2.05. The first-order chi connectivity index (χ1) is 5.68. The van der Waals surface area contributed by atoms with E-state index in [1.54, 1.807) is 6.92 Å². The molecule has 70 valence electrons. The number of carbonyl (C=O) groups excluding carboxylic acids is 1. The second kappa shape index (κ2) is 6.85. The van der Waals surface area contributed by atoms with Crippen LogP contribution in [0, 0.1) is 0 Å². The standard InChI is InChI=1S/C9H18N2O/c1-4-5-6-10-7-11-9(12)8(2)3/h10H,2,4-7H2,1,3H3,(H,11,12). The van der Waals surface area contributed by atoms with Crippen LogP contribution in [-0.4, -0.2) is 19.1 Å². The molecule has 0 aromatic carbocycles. The first kappa shape index (κ1) is 11.2. The van der Waals surface area contributed by atoms with E-state index in [2.05, 4.69) is 24.1 Å². The summed E-state index contributed by atoms with van der Waals surface area (Å²) in [7, 11) is 0. The number of rotatable bonds is 6. The van der Waals surface area contributed by atoms with Gasteiger partial charge in [0.15, 0.2) is 0 Å². The quantitative estimate of drug-likeness (QED) is 0.355. The summed E-state index contributed by atoms with van der Waals surface area (Å²) >= 11 is 0. The zero-order chi connectivity index (χ0) is 9.40. The van der Waals surface area contributed by atoms with Gasteiger partial charge in [-0.2, -0.15) is 0 Å². The van der Waals surface area contributed by atoms with E-state index in [4.69, 9.17) is 0 Å². The van der Waals surface area contributed by atoms with Gasteiger partial charge in [0, 0.05) is 5.57 Å². The number of hydrogen-bond acceptors (Lipinski definition) is 2. The molecule has 0 radical (unpaired) electrons. The fraction of sp³-hybridized carbons (Fsp3) is 0.667. The van der Waals surface area contributed by atoms with E-state index in [1.807, 2.05) is 0 Å². The predicted molar refractivity (Wildman–Crippen MR) is 50.7 cm³/mol. The number of unbranched alkanes of at least 4 members (excludes halogenated alkanes) is 1. The molecule has 0 bridgehead atoms. The third-order valence-corrected chi connectivity index (χ3v) is 1.47. The van der Waals surface area contributed by atoms with Gasteiger partial charge in [-0.15, -0.1) is 0 Å². The summed E-state index contributed by atoms with van der Waals surface area (Å²) in [5.74, 6) is -0.0843. The van der Waals surface area contributed by atoms with Crippen molar-refractivity contribution in [2.45, 2.75) is 26.7 Å². The monoisotopic (exact) mass is 170 g/mol. The summed E-state index contributed by atoms with van der Waals surface area (Å²) in [5, 5.41) is 5.79. The van der Waals surface area contributed by atoms with Crippen LogP contribution in [0.3, 0.4) is 0 Å². The van der Waals surface area contributed by atoms with Crippen molar-refractivity contribution in [3.05, 3.63) is 12.2 Å². The fourth-order valence-corrected chi connectivity index (χ4v) is 0.684. The molecule has 0 unspecified atom stereocenters. The molecule has 0 saturated heterocycles. The maximum atomic E-state index is 10.9. The van der Waals surface area contributed by atoms with Crippen LogP contribution in [0.25, 0.3) is 0 Å². The van der Waals surface area contributed by atoms with Crippen molar-refractivity contribution >= 4 is 5.91 Å². The molecular formula is C9H18N2O. The minimum Gasteiger partial charge on any atom is -0.340 e. The van der Waals surface area contributed by atoms with E-state index < -0.39 is 0 Å². The van der Waals surface area contributed by atoms with Gasteiger partial charge in [-0.05, 0) is 19.9 Å². The average molecular weight is 170 g/mol. The van der Waals surface area contributed by atoms with Crippen LogP contribution < -0.4 is 10.6 Å². The van der Waals surface area contributed by atoms with Crippen molar-refractivity contribution in [3.8, 4) is 0 Å². The third kappa shape index (κ3) is 5.92. The van der Waals surface area contributed by atoms with Crippen molar-refractivity contribution in [1.82, 2.24) is 10.6 Å². The molecule has 1 amide bonds. The van der Waals surface area contributed by atoms with Gasteiger partial charge in [-0.3, -0.25) is 10.1 Å². The van der Waals surface area contributed by atoms with Crippen LogP contribution >= 0.6 is 0 Å². The Morgan fingerprint density at radius 2 is 2.17 bits per heavy atom. The van der Waals surface area contributed by atoms with Gasteiger partial charge in [0.2, 0.25) is 5.91 Å².